The molecule has 0 unspecified atom stereocenters. The number of carbonyl (C=O) groups is 1. The number of methoxy groups -OCH3 is 1. The number of ether oxygens (including phenoxy) is 1. The van der Waals surface area contributed by atoms with Gasteiger partial charge in [-0.3, -0.25) is 9.10 Å². The lowest BCUT2D eigenvalue weighted by molar-refractivity contribution is -0.114. The van der Waals surface area contributed by atoms with Crippen LogP contribution in [0.15, 0.2) is 66.7 Å². The fourth-order valence-corrected chi connectivity index (χ4v) is 3.67. The number of anilines is 2. The Labute approximate surface area is 158 Å². The molecule has 0 heterocycles. The van der Waals surface area contributed by atoms with E-state index in [9.17, 15) is 13.2 Å². The van der Waals surface area contributed by atoms with Crippen molar-refractivity contribution in [3.63, 3.8) is 0 Å². The van der Waals surface area contributed by atoms with Crippen LogP contribution in [0.2, 0.25) is 0 Å². The average molecular weight is 384 g/mol. The molecule has 0 aliphatic carbocycles. The summed E-state index contributed by atoms with van der Waals surface area (Å²) in [4.78, 5) is 12.5. The van der Waals surface area contributed by atoms with E-state index in [1.54, 1.807) is 30.3 Å². The third-order valence-electron chi connectivity index (χ3n) is 4.07. The first-order chi connectivity index (χ1) is 12.9. The Bertz CT molecular complexity index is 1080. The summed E-state index contributed by atoms with van der Waals surface area (Å²) in [7, 11) is -2.23. The molecule has 7 heteroatoms. The number of fused-ring (bicyclic) bond motifs is 1. The molecule has 0 saturated carbocycles. The van der Waals surface area contributed by atoms with Crippen LogP contribution in [-0.2, 0) is 14.8 Å². The van der Waals surface area contributed by atoms with E-state index < -0.39 is 15.9 Å². The number of sulfonamides is 1. The Morgan fingerprint density at radius 1 is 1.00 bits per heavy atom. The van der Waals surface area contributed by atoms with Gasteiger partial charge in [-0.15, -0.1) is 0 Å². The quantitative estimate of drug-likeness (QED) is 0.708. The predicted octanol–water partition coefficient (Wildman–Crippen LogP) is 3.25. The zero-order chi connectivity index (χ0) is 19.4. The smallest absolute Gasteiger partial charge is 0.245 e. The van der Waals surface area contributed by atoms with Crippen LogP contribution in [0.1, 0.15) is 0 Å². The van der Waals surface area contributed by atoms with E-state index in [0.717, 1.165) is 21.3 Å². The summed E-state index contributed by atoms with van der Waals surface area (Å²) in [6.07, 6.45) is 1.06. The first-order valence-corrected chi connectivity index (χ1v) is 10.1. The lowest BCUT2D eigenvalue weighted by Crippen LogP contribution is -2.37. The predicted molar refractivity (Wildman–Crippen MR) is 108 cm³/mol. The lowest BCUT2D eigenvalue weighted by atomic mass is 10.1. The highest BCUT2D eigenvalue weighted by Gasteiger charge is 2.23. The minimum atomic E-state index is -3.68. The second-order valence-electron chi connectivity index (χ2n) is 6.05. The second kappa shape index (κ2) is 7.67. The van der Waals surface area contributed by atoms with E-state index in [2.05, 4.69) is 5.32 Å². The van der Waals surface area contributed by atoms with E-state index in [1.807, 2.05) is 36.4 Å². The second-order valence-corrected chi connectivity index (χ2v) is 7.96. The van der Waals surface area contributed by atoms with Crippen LogP contribution < -0.4 is 14.4 Å². The van der Waals surface area contributed by atoms with Crippen molar-refractivity contribution in [1.82, 2.24) is 0 Å². The van der Waals surface area contributed by atoms with Crippen molar-refractivity contribution >= 4 is 38.1 Å². The summed E-state index contributed by atoms with van der Waals surface area (Å²) >= 11 is 0. The van der Waals surface area contributed by atoms with E-state index >= 15 is 0 Å². The van der Waals surface area contributed by atoms with Gasteiger partial charge in [0.05, 0.1) is 19.1 Å². The fraction of sp³-hybridized carbons (Fsp3) is 0.150. The van der Waals surface area contributed by atoms with Crippen LogP contribution in [0.25, 0.3) is 10.8 Å². The van der Waals surface area contributed by atoms with Gasteiger partial charge in [-0.05, 0) is 35.0 Å². The van der Waals surface area contributed by atoms with E-state index in [4.69, 9.17) is 4.74 Å². The van der Waals surface area contributed by atoms with Gasteiger partial charge < -0.3 is 10.1 Å². The molecule has 1 N–H and O–H groups in total. The minimum absolute atomic E-state index is 0.316. The van der Waals surface area contributed by atoms with Crippen molar-refractivity contribution in [3.05, 3.63) is 66.7 Å². The Balaban J connectivity index is 1.84. The zero-order valence-corrected chi connectivity index (χ0v) is 15.9. The fourth-order valence-electron chi connectivity index (χ4n) is 2.81. The molecule has 0 bridgehead atoms. The molecule has 0 radical (unpaired) electrons. The number of amides is 1. The highest BCUT2D eigenvalue weighted by Crippen LogP contribution is 2.29. The van der Waals surface area contributed by atoms with E-state index in [1.165, 1.54) is 7.11 Å². The normalized spacial score (nSPS) is 11.2. The number of carbonyl (C=O) groups excluding carboxylic acids is 1. The summed E-state index contributed by atoms with van der Waals surface area (Å²) in [5, 5.41) is 4.80. The molecule has 0 aliphatic heterocycles. The summed E-state index contributed by atoms with van der Waals surface area (Å²) in [6, 6.07) is 20.0. The molecule has 0 aromatic heterocycles. The van der Waals surface area contributed by atoms with Gasteiger partial charge >= 0.3 is 0 Å². The third kappa shape index (κ3) is 4.38. The third-order valence-corrected chi connectivity index (χ3v) is 5.20. The van der Waals surface area contributed by atoms with Crippen molar-refractivity contribution in [2.45, 2.75) is 0 Å². The summed E-state index contributed by atoms with van der Waals surface area (Å²) < 4.78 is 30.8. The first-order valence-electron chi connectivity index (χ1n) is 8.28. The molecular formula is C20H20N2O4S. The highest BCUT2D eigenvalue weighted by molar-refractivity contribution is 7.92. The standard InChI is InChI=1S/C20H20N2O4S/c1-26-19-10-6-5-9-18(19)22(27(2,24)25)14-20(23)21-17-12-11-15-7-3-4-8-16(15)13-17/h3-13H,14H2,1-2H3,(H,21,23). The van der Waals surface area contributed by atoms with Gasteiger partial charge in [-0.2, -0.15) is 0 Å². The maximum absolute atomic E-state index is 12.5. The topological polar surface area (TPSA) is 75.7 Å². The summed E-state index contributed by atoms with van der Waals surface area (Å²) in [5.74, 6) is -0.0666. The summed E-state index contributed by atoms with van der Waals surface area (Å²) in [6.45, 7) is -0.355. The van der Waals surface area contributed by atoms with Gasteiger partial charge in [0.1, 0.15) is 12.3 Å². The first kappa shape index (κ1) is 18.7. The minimum Gasteiger partial charge on any atom is -0.495 e. The van der Waals surface area contributed by atoms with Crippen molar-refractivity contribution < 1.29 is 17.9 Å². The molecule has 27 heavy (non-hydrogen) atoms. The van der Waals surface area contributed by atoms with Crippen LogP contribution in [0, 0.1) is 0 Å². The van der Waals surface area contributed by atoms with E-state index in [-0.39, 0.29) is 6.54 Å². The monoisotopic (exact) mass is 384 g/mol. The Morgan fingerprint density at radius 3 is 2.37 bits per heavy atom. The van der Waals surface area contributed by atoms with Crippen LogP contribution in [-0.4, -0.2) is 34.2 Å². The largest absolute Gasteiger partial charge is 0.495 e. The van der Waals surface area contributed by atoms with Gasteiger partial charge in [-0.1, -0.05) is 42.5 Å². The number of benzene rings is 3. The number of hydrogen-bond acceptors (Lipinski definition) is 4. The zero-order valence-electron chi connectivity index (χ0n) is 15.0. The van der Waals surface area contributed by atoms with Crippen molar-refractivity contribution in [3.8, 4) is 5.75 Å². The SMILES string of the molecule is COc1ccccc1N(CC(=O)Nc1ccc2ccccc2c1)S(C)(=O)=O. The van der Waals surface area contributed by atoms with Gasteiger partial charge in [-0.25, -0.2) is 8.42 Å². The highest BCUT2D eigenvalue weighted by atomic mass is 32.2. The Morgan fingerprint density at radius 2 is 1.67 bits per heavy atom. The van der Waals surface area contributed by atoms with Crippen molar-refractivity contribution in [2.75, 3.05) is 29.5 Å². The molecule has 0 fully saturated rings. The number of nitrogens with one attached hydrogen (secondary N) is 1. The van der Waals surface area contributed by atoms with Gasteiger partial charge in [0.25, 0.3) is 0 Å². The van der Waals surface area contributed by atoms with Crippen molar-refractivity contribution in [1.29, 1.82) is 0 Å². The van der Waals surface area contributed by atoms with Crippen LogP contribution in [0.4, 0.5) is 11.4 Å². The molecule has 0 atom stereocenters. The Hall–Kier alpha value is -3.06. The van der Waals surface area contributed by atoms with Gasteiger partial charge in [0.15, 0.2) is 0 Å². The molecule has 6 nitrogen and oxygen atoms in total. The number of para-hydroxylation sites is 2. The average Bonchev–Trinajstić information content (AvgIpc) is 2.65. The molecule has 0 saturated heterocycles. The molecule has 140 valence electrons. The maximum Gasteiger partial charge on any atom is 0.245 e. The molecular weight excluding hydrogens is 364 g/mol. The van der Waals surface area contributed by atoms with Crippen molar-refractivity contribution in [2.24, 2.45) is 0 Å². The molecule has 0 aliphatic rings. The molecule has 0 spiro atoms. The summed E-state index contributed by atoms with van der Waals surface area (Å²) in [5.41, 5.74) is 0.920. The Kier molecular flexibility index (Phi) is 5.32. The van der Waals surface area contributed by atoms with Crippen LogP contribution >= 0.6 is 0 Å². The number of hydrogen-bond donors (Lipinski definition) is 1. The molecule has 3 aromatic rings. The maximum atomic E-state index is 12.5. The van der Waals surface area contributed by atoms with Gasteiger partial charge in [0.2, 0.25) is 15.9 Å². The van der Waals surface area contributed by atoms with Crippen LogP contribution in [0.5, 0.6) is 5.75 Å². The van der Waals surface area contributed by atoms with Gasteiger partial charge in [0, 0.05) is 5.69 Å². The molecule has 1 amide bonds. The molecule has 3 aromatic carbocycles. The van der Waals surface area contributed by atoms with Crippen LogP contribution in [0.3, 0.4) is 0 Å². The van der Waals surface area contributed by atoms with E-state index in [0.29, 0.717) is 17.1 Å². The molecule has 3 rings (SSSR count). The lowest BCUT2D eigenvalue weighted by Gasteiger charge is -2.23. The number of nitrogens with zero attached hydrogens (tertiary/aromatic N) is 1. The number of rotatable bonds is 6.